The fourth-order valence-corrected chi connectivity index (χ4v) is 3.74. The van der Waals surface area contributed by atoms with Gasteiger partial charge in [-0.3, -0.25) is 0 Å². The maximum absolute atomic E-state index is 11.7. The molecule has 1 saturated heterocycles. The van der Waals surface area contributed by atoms with Gasteiger partial charge >= 0.3 is 0 Å². The molecule has 18 heavy (non-hydrogen) atoms. The van der Waals surface area contributed by atoms with Crippen molar-refractivity contribution >= 4 is 21.6 Å². The van der Waals surface area contributed by atoms with E-state index in [1.165, 1.54) is 0 Å². The van der Waals surface area contributed by atoms with E-state index >= 15 is 0 Å². The molecule has 2 rings (SSSR count). The first-order chi connectivity index (χ1) is 8.49. The van der Waals surface area contributed by atoms with Gasteiger partial charge in [0.1, 0.15) is 5.82 Å². The first-order valence-electron chi connectivity index (χ1n) is 5.95. The summed E-state index contributed by atoms with van der Waals surface area (Å²) in [5, 5.41) is 2.71. The Kier molecular flexibility index (Phi) is 3.70. The third kappa shape index (κ3) is 2.90. The summed E-state index contributed by atoms with van der Waals surface area (Å²) in [5.41, 5.74) is 0. The molecule has 1 aromatic rings. The predicted molar refractivity (Wildman–Crippen MR) is 71.7 cm³/mol. The first-order valence-corrected chi connectivity index (χ1v) is 7.66. The monoisotopic (exact) mass is 270 g/mol. The number of anilines is 2. The summed E-state index contributed by atoms with van der Waals surface area (Å²) in [6, 6.07) is 1.80. The van der Waals surface area contributed by atoms with Crippen molar-refractivity contribution < 1.29 is 8.42 Å². The largest absolute Gasteiger partial charge is 0.363 e. The fourth-order valence-electron chi connectivity index (χ4n) is 1.98. The topological polar surface area (TPSA) is 75.2 Å². The Hall–Kier alpha value is -1.37. The van der Waals surface area contributed by atoms with Crippen LogP contribution in [0.4, 0.5) is 11.8 Å². The molecule has 0 saturated carbocycles. The summed E-state index contributed by atoms with van der Waals surface area (Å²) in [6.45, 7) is 0.388. The highest BCUT2D eigenvalue weighted by Gasteiger charge is 2.30. The summed E-state index contributed by atoms with van der Waals surface area (Å²) >= 11 is 0. The maximum Gasteiger partial charge on any atom is 0.224 e. The van der Waals surface area contributed by atoms with Crippen LogP contribution in [0.25, 0.3) is 0 Å². The van der Waals surface area contributed by atoms with Crippen LogP contribution in [0.15, 0.2) is 12.3 Å². The summed E-state index contributed by atoms with van der Waals surface area (Å²) < 4.78 is 23.3. The molecule has 1 aliphatic heterocycles. The van der Waals surface area contributed by atoms with E-state index in [9.17, 15) is 8.42 Å². The van der Waals surface area contributed by atoms with E-state index < -0.39 is 9.84 Å². The molecular formula is C11H18N4O2S. The van der Waals surface area contributed by atoms with Gasteiger partial charge in [-0.1, -0.05) is 0 Å². The van der Waals surface area contributed by atoms with Gasteiger partial charge in [0.25, 0.3) is 0 Å². The predicted octanol–water partition coefficient (Wildman–Crippen LogP) is 0.532. The second-order valence-electron chi connectivity index (χ2n) is 4.64. The number of aromatic nitrogens is 2. The number of sulfone groups is 1. The Morgan fingerprint density at radius 1 is 1.50 bits per heavy atom. The van der Waals surface area contributed by atoms with Gasteiger partial charge < -0.3 is 10.2 Å². The van der Waals surface area contributed by atoms with E-state index in [4.69, 9.17) is 0 Å². The van der Waals surface area contributed by atoms with Gasteiger partial charge in [0, 0.05) is 26.8 Å². The summed E-state index contributed by atoms with van der Waals surface area (Å²) in [7, 11) is 0.881. The van der Waals surface area contributed by atoms with E-state index in [-0.39, 0.29) is 5.25 Å². The highest BCUT2D eigenvalue weighted by atomic mass is 32.2. The molecule has 1 fully saturated rings. The molecule has 0 spiro atoms. The molecule has 0 bridgehead atoms. The minimum Gasteiger partial charge on any atom is -0.363 e. The van der Waals surface area contributed by atoms with E-state index in [0.717, 1.165) is 18.7 Å². The number of nitrogens with one attached hydrogen (secondary N) is 1. The van der Waals surface area contributed by atoms with E-state index in [2.05, 4.69) is 15.3 Å². The fraction of sp³-hybridized carbons (Fsp3) is 0.636. The first kappa shape index (κ1) is 13.1. The third-order valence-electron chi connectivity index (χ3n) is 3.05. The van der Waals surface area contributed by atoms with Gasteiger partial charge in [0.15, 0.2) is 9.84 Å². The molecule has 1 aromatic heterocycles. The molecule has 0 aliphatic carbocycles. The molecule has 6 nitrogen and oxygen atoms in total. The van der Waals surface area contributed by atoms with E-state index in [1.807, 2.05) is 19.0 Å². The maximum atomic E-state index is 11.7. The Labute approximate surface area is 107 Å². The SMILES string of the molecule is CN(C)c1ccnc(NCC2CCCS2(=O)=O)n1. The lowest BCUT2D eigenvalue weighted by atomic mass is 10.2. The molecule has 1 atom stereocenters. The van der Waals surface area contributed by atoms with Crippen molar-refractivity contribution in [3.05, 3.63) is 12.3 Å². The van der Waals surface area contributed by atoms with Crippen molar-refractivity contribution in [1.29, 1.82) is 0 Å². The Morgan fingerprint density at radius 2 is 2.28 bits per heavy atom. The molecule has 7 heteroatoms. The molecule has 100 valence electrons. The van der Waals surface area contributed by atoms with Crippen molar-refractivity contribution in [3.63, 3.8) is 0 Å². The summed E-state index contributed by atoms with van der Waals surface area (Å²) in [5.74, 6) is 1.57. The quantitative estimate of drug-likeness (QED) is 0.860. The Bertz CT molecular complexity index is 516. The lowest BCUT2D eigenvalue weighted by Gasteiger charge is -2.14. The van der Waals surface area contributed by atoms with Crippen LogP contribution in [0.3, 0.4) is 0 Å². The van der Waals surface area contributed by atoms with Gasteiger partial charge in [-0.2, -0.15) is 4.98 Å². The highest BCUT2D eigenvalue weighted by Crippen LogP contribution is 2.20. The molecule has 1 N–H and O–H groups in total. The smallest absolute Gasteiger partial charge is 0.224 e. The van der Waals surface area contributed by atoms with Crippen LogP contribution in [0.2, 0.25) is 0 Å². The van der Waals surface area contributed by atoms with Crippen molar-refractivity contribution in [1.82, 2.24) is 9.97 Å². The zero-order chi connectivity index (χ0) is 13.2. The average Bonchev–Trinajstić information content (AvgIpc) is 2.66. The highest BCUT2D eigenvalue weighted by molar-refractivity contribution is 7.92. The normalized spacial score (nSPS) is 21.8. The second-order valence-corrected chi connectivity index (χ2v) is 7.05. The molecule has 0 amide bonds. The lowest BCUT2D eigenvalue weighted by molar-refractivity contribution is 0.591. The van der Waals surface area contributed by atoms with Crippen molar-refractivity contribution in [2.45, 2.75) is 18.1 Å². The standard InChI is InChI=1S/C11H18N4O2S/c1-15(2)10-5-6-12-11(14-10)13-8-9-4-3-7-18(9,16)17/h5-6,9H,3-4,7-8H2,1-2H3,(H,12,13,14). The number of rotatable bonds is 4. The zero-order valence-electron chi connectivity index (χ0n) is 10.6. The lowest BCUT2D eigenvalue weighted by Crippen LogP contribution is -2.26. The minimum atomic E-state index is -2.91. The van der Waals surface area contributed by atoms with Crippen molar-refractivity contribution in [3.8, 4) is 0 Å². The average molecular weight is 270 g/mol. The zero-order valence-corrected chi connectivity index (χ0v) is 11.4. The van der Waals surface area contributed by atoms with E-state index in [0.29, 0.717) is 18.2 Å². The van der Waals surface area contributed by atoms with Crippen LogP contribution in [-0.2, 0) is 9.84 Å². The third-order valence-corrected chi connectivity index (χ3v) is 5.33. The van der Waals surface area contributed by atoms with Gasteiger partial charge in [-0.05, 0) is 18.9 Å². The van der Waals surface area contributed by atoms with Crippen LogP contribution in [-0.4, -0.2) is 50.0 Å². The van der Waals surface area contributed by atoms with Crippen LogP contribution in [0.5, 0.6) is 0 Å². The minimum absolute atomic E-state index is 0.302. The Morgan fingerprint density at radius 3 is 2.89 bits per heavy atom. The van der Waals surface area contributed by atoms with Crippen molar-refractivity contribution in [2.75, 3.05) is 36.6 Å². The van der Waals surface area contributed by atoms with Gasteiger partial charge in [-0.25, -0.2) is 13.4 Å². The number of nitrogens with zero attached hydrogens (tertiary/aromatic N) is 3. The molecular weight excluding hydrogens is 252 g/mol. The van der Waals surface area contributed by atoms with Crippen LogP contribution >= 0.6 is 0 Å². The second kappa shape index (κ2) is 5.09. The number of hydrogen-bond donors (Lipinski definition) is 1. The van der Waals surface area contributed by atoms with Crippen LogP contribution in [0, 0.1) is 0 Å². The van der Waals surface area contributed by atoms with Crippen LogP contribution in [0.1, 0.15) is 12.8 Å². The van der Waals surface area contributed by atoms with Gasteiger partial charge in [0.05, 0.1) is 11.0 Å². The molecule has 1 unspecified atom stereocenters. The molecule has 1 aliphatic rings. The molecule has 0 radical (unpaired) electrons. The molecule has 0 aromatic carbocycles. The van der Waals surface area contributed by atoms with E-state index in [1.54, 1.807) is 12.3 Å². The molecule has 2 heterocycles. The van der Waals surface area contributed by atoms with Crippen molar-refractivity contribution in [2.24, 2.45) is 0 Å². The van der Waals surface area contributed by atoms with Crippen LogP contribution < -0.4 is 10.2 Å². The summed E-state index contributed by atoms with van der Waals surface area (Å²) in [6.07, 6.45) is 3.14. The Balaban J connectivity index is 2.00. The number of hydrogen-bond acceptors (Lipinski definition) is 6. The van der Waals surface area contributed by atoms with Gasteiger partial charge in [0.2, 0.25) is 5.95 Å². The van der Waals surface area contributed by atoms with Gasteiger partial charge in [-0.15, -0.1) is 0 Å². The summed E-state index contributed by atoms with van der Waals surface area (Å²) in [4.78, 5) is 10.3.